The molecule has 2 N–H and O–H groups in total. The molecule has 4 heterocycles. The zero-order valence-corrected chi connectivity index (χ0v) is 34.6. The monoisotopic (exact) mass is 851 g/mol. The van der Waals surface area contributed by atoms with Crippen molar-refractivity contribution in [3.8, 4) is 5.69 Å². The number of amides is 3. The molecular formula is C45H41ClF3N7O5. The lowest BCUT2D eigenvalue weighted by Gasteiger charge is -2.24. The summed E-state index contributed by atoms with van der Waals surface area (Å²) < 4.78 is 51.5. The lowest BCUT2D eigenvalue weighted by atomic mass is 9.98. The van der Waals surface area contributed by atoms with Gasteiger partial charge in [0.1, 0.15) is 11.2 Å². The number of rotatable bonds is 9. The van der Waals surface area contributed by atoms with E-state index in [0.29, 0.717) is 27.7 Å². The topological polar surface area (TPSA) is 140 Å². The van der Waals surface area contributed by atoms with Crippen molar-refractivity contribution >= 4 is 63.9 Å². The van der Waals surface area contributed by atoms with Crippen LogP contribution < -0.4 is 16.2 Å². The van der Waals surface area contributed by atoms with Crippen LogP contribution in [-0.4, -0.2) is 53.6 Å². The maximum absolute atomic E-state index is 14.5. The van der Waals surface area contributed by atoms with Gasteiger partial charge >= 0.3 is 12.3 Å². The van der Waals surface area contributed by atoms with Gasteiger partial charge in [-0.2, -0.15) is 13.2 Å². The van der Waals surface area contributed by atoms with Crippen molar-refractivity contribution in [3.63, 3.8) is 0 Å². The molecule has 0 saturated heterocycles. The van der Waals surface area contributed by atoms with Crippen LogP contribution in [0.5, 0.6) is 0 Å². The van der Waals surface area contributed by atoms with E-state index in [9.17, 15) is 32.3 Å². The van der Waals surface area contributed by atoms with Crippen LogP contribution in [0.15, 0.2) is 83.8 Å². The third-order valence-electron chi connectivity index (χ3n) is 10.8. The van der Waals surface area contributed by atoms with E-state index in [0.717, 1.165) is 18.9 Å². The summed E-state index contributed by atoms with van der Waals surface area (Å²) in [6, 6.07) is 18.8. The van der Waals surface area contributed by atoms with Gasteiger partial charge in [-0.25, -0.2) is 14.3 Å². The summed E-state index contributed by atoms with van der Waals surface area (Å²) in [5.74, 6) is -1.24. The van der Waals surface area contributed by atoms with E-state index in [-0.39, 0.29) is 57.4 Å². The van der Waals surface area contributed by atoms with Crippen molar-refractivity contribution in [1.29, 1.82) is 0 Å². The summed E-state index contributed by atoms with van der Waals surface area (Å²) in [6.45, 7) is 8.68. The van der Waals surface area contributed by atoms with Crippen LogP contribution in [0, 0.1) is 5.92 Å². The highest BCUT2D eigenvalue weighted by atomic mass is 35.5. The fourth-order valence-corrected chi connectivity index (χ4v) is 8.01. The molecule has 6 aromatic rings. The molecule has 0 spiro atoms. The Balaban J connectivity index is 1.17. The number of fused-ring (bicyclic) bond motifs is 3. The predicted octanol–water partition coefficient (Wildman–Crippen LogP) is 9.47. The van der Waals surface area contributed by atoms with Gasteiger partial charge in [-0.1, -0.05) is 48.0 Å². The van der Waals surface area contributed by atoms with E-state index >= 15 is 0 Å². The van der Waals surface area contributed by atoms with Crippen molar-refractivity contribution in [1.82, 2.24) is 29.4 Å². The fraction of sp³-hybridized carbons (Fsp3) is 0.289. The van der Waals surface area contributed by atoms with Gasteiger partial charge in [-0.05, 0) is 118 Å². The smallest absolute Gasteiger partial charge is 0.417 e. The zero-order chi connectivity index (χ0) is 43.5. The van der Waals surface area contributed by atoms with Crippen molar-refractivity contribution in [2.24, 2.45) is 5.92 Å². The maximum atomic E-state index is 14.5. The summed E-state index contributed by atoms with van der Waals surface area (Å²) in [5.41, 5.74) is -1.04. The van der Waals surface area contributed by atoms with Gasteiger partial charge in [0.05, 0.1) is 33.3 Å². The van der Waals surface area contributed by atoms with Crippen LogP contribution in [0.2, 0.25) is 5.02 Å². The summed E-state index contributed by atoms with van der Waals surface area (Å²) in [7, 11) is 0. The number of ether oxygens (including phenoxy) is 1. The van der Waals surface area contributed by atoms with Crippen LogP contribution in [0.4, 0.5) is 23.8 Å². The summed E-state index contributed by atoms with van der Waals surface area (Å²) in [5, 5.41) is 11.1. The van der Waals surface area contributed by atoms with Gasteiger partial charge in [0.15, 0.2) is 11.5 Å². The molecule has 0 unspecified atom stereocenters. The number of para-hydroxylation sites is 1. The highest BCUT2D eigenvalue weighted by Gasteiger charge is 2.44. The highest BCUT2D eigenvalue weighted by Crippen LogP contribution is 2.42. The molecule has 3 aromatic carbocycles. The number of anilines is 1. The summed E-state index contributed by atoms with van der Waals surface area (Å²) >= 11 is 6.50. The Morgan fingerprint density at radius 3 is 2.39 bits per heavy atom. The number of carbonyl (C=O) groups excluding carboxylic acids is 3. The average Bonchev–Trinajstić information content (AvgIpc) is 3.91. The summed E-state index contributed by atoms with van der Waals surface area (Å²) in [6.07, 6.45) is 0.648. The molecule has 1 aliphatic heterocycles. The van der Waals surface area contributed by atoms with Gasteiger partial charge in [0.25, 0.3) is 17.4 Å². The first-order chi connectivity index (χ1) is 28.9. The number of nitrogens with one attached hydrogen (secondary N) is 2. The van der Waals surface area contributed by atoms with Crippen molar-refractivity contribution in [2.75, 3.05) is 5.32 Å². The third kappa shape index (κ3) is 8.21. The molecule has 2 aliphatic rings. The number of aromatic nitrogens is 4. The van der Waals surface area contributed by atoms with Crippen molar-refractivity contribution in [3.05, 3.63) is 134 Å². The van der Waals surface area contributed by atoms with E-state index < -0.39 is 46.8 Å². The fourth-order valence-electron chi connectivity index (χ4n) is 7.74. The van der Waals surface area contributed by atoms with Gasteiger partial charge in [-0.15, -0.1) is 5.10 Å². The Hall–Kier alpha value is -6.48. The molecule has 12 nitrogen and oxygen atoms in total. The van der Waals surface area contributed by atoms with Gasteiger partial charge < -0.3 is 15.0 Å². The molecule has 16 heteroatoms. The highest BCUT2D eigenvalue weighted by molar-refractivity contribution is 6.35. The van der Waals surface area contributed by atoms with Crippen LogP contribution in [-0.2, 0) is 17.5 Å². The lowest BCUT2D eigenvalue weighted by Crippen LogP contribution is -2.35. The Labute approximate surface area is 353 Å². The van der Waals surface area contributed by atoms with E-state index in [4.69, 9.17) is 16.3 Å². The van der Waals surface area contributed by atoms with Crippen molar-refractivity contribution < 1.29 is 32.3 Å². The van der Waals surface area contributed by atoms with Crippen LogP contribution in [0.3, 0.4) is 0 Å². The molecule has 1 fully saturated rings. The number of pyridine rings is 1. The molecule has 3 aromatic heterocycles. The predicted molar refractivity (Wildman–Crippen MR) is 226 cm³/mol. The first-order valence-electron chi connectivity index (χ1n) is 19.7. The molecule has 61 heavy (non-hydrogen) atoms. The average molecular weight is 852 g/mol. The Morgan fingerprint density at radius 1 is 0.967 bits per heavy atom. The SMILES string of the molecule is C[C@H](NC(=O)c1c(NC(=O)OC(C)(C)C)nn2ccc(/C=C/c3cc4c(c(C(F)(F)F)c3)C(=O)N([C@@H](C)C3CC3)C4)nc12)c1cc2cccc(Cl)c2c(=O)n1-c1ccccc1. The number of hydrogen-bond donors (Lipinski definition) is 2. The molecular weight excluding hydrogens is 811 g/mol. The quantitative estimate of drug-likeness (QED) is 0.148. The van der Waals surface area contributed by atoms with Crippen LogP contribution in [0.25, 0.3) is 34.3 Å². The number of benzene rings is 3. The van der Waals surface area contributed by atoms with Crippen LogP contribution in [0.1, 0.15) is 102 Å². The number of hydrogen-bond acceptors (Lipinski definition) is 7. The standard InChI is InChI=1S/C45H41ClF3N7O5/c1-24(34-22-28-10-9-13-33(46)36(28)42(59)56(34)31-11-7-6-8-12-31)50-40(57)37-38(52-43(60)61-44(3,4)5)53-55-19-18-30(51-39(37)55)17-14-26-20-29-23-54(25(2)27-15-16-27)41(58)35(29)32(21-26)45(47,48)49/h6-14,17-22,24-25,27H,15-16,23H2,1-5H3,(H,50,57)(H,52,53,60)/b17-14+/t24-,25-/m0/s1. The number of alkyl halides is 3. The molecule has 1 aliphatic carbocycles. The van der Waals surface area contributed by atoms with E-state index in [2.05, 4.69) is 20.7 Å². The molecule has 1 saturated carbocycles. The van der Waals surface area contributed by atoms with Crippen molar-refractivity contribution in [2.45, 2.75) is 77.9 Å². The van der Waals surface area contributed by atoms with Gasteiger partial charge in [0.2, 0.25) is 0 Å². The minimum Gasteiger partial charge on any atom is -0.444 e. The summed E-state index contributed by atoms with van der Waals surface area (Å²) in [4.78, 5) is 61.0. The maximum Gasteiger partial charge on any atom is 0.417 e. The normalized spacial score (nSPS) is 15.4. The Morgan fingerprint density at radius 2 is 1.70 bits per heavy atom. The second kappa shape index (κ2) is 15.5. The minimum absolute atomic E-state index is 0.00360. The molecule has 2 atom stereocenters. The molecule has 8 rings (SSSR count). The second-order valence-corrected chi connectivity index (χ2v) is 16.8. The first kappa shape index (κ1) is 41.3. The third-order valence-corrected chi connectivity index (χ3v) is 11.1. The van der Waals surface area contributed by atoms with Crippen LogP contribution >= 0.6 is 11.6 Å². The minimum atomic E-state index is -4.77. The Bertz CT molecular complexity index is 2840. The van der Waals surface area contributed by atoms with Gasteiger partial charge in [0, 0.05) is 30.2 Å². The van der Waals surface area contributed by atoms with E-state index in [1.54, 1.807) is 82.3 Å². The first-order valence-corrected chi connectivity index (χ1v) is 20.1. The number of nitrogens with zero attached hydrogens (tertiary/aromatic N) is 5. The molecule has 314 valence electrons. The number of halogens is 4. The zero-order valence-electron chi connectivity index (χ0n) is 33.8. The van der Waals surface area contributed by atoms with Gasteiger partial charge in [-0.3, -0.25) is 24.3 Å². The lowest BCUT2D eigenvalue weighted by molar-refractivity contribution is -0.138. The second-order valence-electron chi connectivity index (χ2n) is 16.4. The van der Waals surface area contributed by atoms with E-state index in [1.807, 2.05) is 13.0 Å². The largest absolute Gasteiger partial charge is 0.444 e. The molecule has 0 radical (unpaired) electrons. The molecule has 0 bridgehead atoms. The Kier molecular flexibility index (Phi) is 10.5. The van der Waals surface area contributed by atoms with E-state index in [1.165, 1.54) is 38.4 Å². The molecule has 3 amide bonds. The number of carbonyl (C=O) groups is 3.